The predicted molar refractivity (Wildman–Crippen MR) is 148 cm³/mol. The zero-order chi connectivity index (χ0) is 27.1. The topological polar surface area (TPSA) is 100 Å². The van der Waals surface area contributed by atoms with Crippen molar-refractivity contribution in [2.45, 2.75) is 63.3 Å². The third kappa shape index (κ3) is 5.48. The number of nitrogens with one attached hydrogen (secondary N) is 2. The van der Waals surface area contributed by atoms with Crippen LogP contribution in [0.2, 0.25) is 0 Å². The molecule has 0 spiro atoms. The fourth-order valence-corrected chi connectivity index (χ4v) is 5.79. The Labute approximate surface area is 224 Å². The number of aliphatic imine (C=N–C) groups is 1. The number of alkyl carbamates (subject to hydrolysis) is 1. The molecule has 1 amide bonds. The molecule has 0 aromatic heterocycles. The van der Waals surface area contributed by atoms with Gasteiger partial charge < -0.3 is 15.0 Å². The summed E-state index contributed by atoms with van der Waals surface area (Å²) in [6.45, 7) is 5.58. The largest absolute Gasteiger partial charge is 0.444 e. The summed E-state index contributed by atoms with van der Waals surface area (Å²) in [6.07, 6.45) is 8.88. The summed E-state index contributed by atoms with van der Waals surface area (Å²) in [7, 11) is -3.41. The van der Waals surface area contributed by atoms with Gasteiger partial charge in [-0.2, -0.15) is 0 Å². The highest BCUT2D eigenvalue weighted by atomic mass is 32.2. The van der Waals surface area contributed by atoms with Gasteiger partial charge in [0.15, 0.2) is 0 Å². The maximum Gasteiger partial charge on any atom is 0.408 e. The zero-order valence-electron chi connectivity index (χ0n) is 22.1. The lowest BCUT2D eigenvalue weighted by Crippen LogP contribution is -2.52. The summed E-state index contributed by atoms with van der Waals surface area (Å²) in [5.74, 6) is 0.772. The van der Waals surface area contributed by atoms with E-state index in [1.54, 1.807) is 12.3 Å². The Kier molecular flexibility index (Phi) is 6.59. The van der Waals surface area contributed by atoms with Gasteiger partial charge in [0.1, 0.15) is 17.5 Å². The van der Waals surface area contributed by atoms with Gasteiger partial charge in [-0.3, -0.25) is 9.71 Å². The SMILES string of the molecule is CC(C)(C)OC(=O)NC1(c2ccc(C3N=C4C=CC(NS(C)(=O)=O)=CN4C3c3ccccc3)cc2)CCC1. The van der Waals surface area contributed by atoms with Crippen molar-refractivity contribution in [2.24, 2.45) is 4.99 Å². The highest BCUT2D eigenvalue weighted by Crippen LogP contribution is 2.45. The number of carbonyl (C=O) groups excluding carboxylic acids is 1. The molecule has 38 heavy (non-hydrogen) atoms. The molecule has 3 aliphatic rings. The molecule has 9 heteroatoms. The molecular weight excluding hydrogens is 500 g/mol. The van der Waals surface area contributed by atoms with Crippen molar-refractivity contribution in [2.75, 3.05) is 6.26 Å². The van der Waals surface area contributed by atoms with Gasteiger partial charge in [0, 0.05) is 6.20 Å². The second kappa shape index (κ2) is 9.62. The average Bonchev–Trinajstić information content (AvgIpc) is 3.19. The molecule has 1 saturated carbocycles. The molecule has 2 N–H and O–H groups in total. The van der Waals surface area contributed by atoms with Crippen molar-refractivity contribution in [3.05, 3.63) is 95.3 Å². The van der Waals surface area contributed by atoms with Gasteiger partial charge in [0.2, 0.25) is 10.0 Å². The molecular formula is C29H34N4O4S. The van der Waals surface area contributed by atoms with Crippen LogP contribution in [0.5, 0.6) is 0 Å². The quantitative estimate of drug-likeness (QED) is 0.540. The fourth-order valence-electron chi connectivity index (χ4n) is 5.25. The standard InChI is InChI=1S/C29H34N4O4S/c1-28(2,3)37-27(34)31-29(17-8-18-29)22-13-11-20(12-14-22)25-26(21-9-6-5-7-10-21)33-19-23(32-38(4,35)36)15-16-24(33)30-25/h5-7,9-16,19,25-26,32H,8,17-18H2,1-4H3,(H,31,34). The molecule has 2 aliphatic heterocycles. The highest BCUT2D eigenvalue weighted by Gasteiger charge is 2.42. The molecule has 8 nitrogen and oxygen atoms in total. The Morgan fingerprint density at radius 1 is 1.03 bits per heavy atom. The number of nitrogens with zero attached hydrogens (tertiary/aromatic N) is 2. The van der Waals surface area contributed by atoms with E-state index in [0.717, 1.165) is 48.0 Å². The van der Waals surface area contributed by atoms with Gasteiger partial charge in [-0.15, -0.1) is 0 Å². The summed E-state index contributed by atoms with van der Waals surface area (Å²) in [5.41, 5.74) is 2.68. The molecule has 200 valence electrons. The number of fused-ring (bicyclic) bond motifs is 1. The summed E-state index contributed by atoms with van der Waals surface area (Å²) in [5, 5.41) is 3.12. The average molecular weight is 535 g/mol. The number of amidine groups is 1. The molecule has 2 atom stereocenters. The number of rotatable bonds is 6. The monoisotopic (exact) mass is 534 g/mol. The van der Waals surface area contributed by atoms with E-state index < -0.39 is 27.3 Å². The van der Waals surface area contributed by atoms with Gasteiger partial charge >= 0.3 is 6.09 Å². The van der Waals surface area contributed by atoms with E-state index in [4.69, 9.17) is 9.73 Å². The number of amides is 1. The molecule has 1 aliphatic carbocycles. The number of allylic oxidation sites excluding steroid dienone is 1. The number of hydrogen-bond donors (Lipinski definition) is 2. The number of benzene rings is 2. The smallest absolute Gasteiger partial charge is 0.408 e. The number of hydrogen-bond acceptors (Lipinski definition) is 6. The van der Waals surface area contributed by atoms with Crippen molar-refractivity contribution in [3.8, 4) is 0 Å². The molecule has 2 unspecified atom stereocenters. The first-order valence-electron chi connectivity index (χ1n) is 12.8. The Morgan fingerprint density at radius 3 is 2.29 bits per heavy atom. The summed E-state index contributed by atoms with van der Waals surface area (Å²) in [4.78, 5) is 19.6. The normalized spacial score (nSPS) is 22.1. The van der Waals surface area contributed by atoms with Crippen molar-refractivity contribution in [3.63, 3.8) is 0 Å². The van der Waals surface area contributed by atoms with E-state index in [1.165, 1.54) is 0 Å². The van der Waals surface area contributed by atoms with Crippen LogP contribution in [0.3, 0.4) is 0 Å². The Hall–Kier alpha value is -3.59. The minimum atomic E-state index is -3.41. The molecule has 2 heterocycles. The third-order valence-electron chi connectivity index (χ3n) is 7.02. The second-order valence-corrected chi connectivity index (χ2v) is 12.9. The Balaban J connectivity index is 1.43. The van der Waals surface area contributed by atoms with Gasteiger partial charge in [0.25, 0.3) is 0 Å². The summed E-state index contributed by atoms with van der Waals surface area (Å²) >= 11 is 0. The first-order valence-corrected chi connectivity index (χ1v) is 14.7. The number of ether oxygens (including phenoxy) is 1. The van der Waals surface area contributed by atoms with Crippen molar-refractivity contribution in [1.82, 2.24) is 14.9 Å². The van der Waals surface area contributed by atoms with Crippen LogP contribution in [0.4, 0.5) is 4.79 Å². The molecule has 2 aromatic rings. The second-order valence-electron chi connectivity index (χ2n) is 11.2. The minimum absolute atomic E-state index is 0.143. The lowest BCUT2D eigenvalue weighted by atomic mass is 9.71. The molecule has 0 bridgehead atoms. The Bertz CT molecular complexity index is 1400. The van der Waals surface area contributed by atoms with Crippen LogP contribution in [0, 0.1) is 0 Å². The Morgan fingerprint density at radius 2 is 1.71 bits per heavy atom. The molecule has 1 fully saturated rings. The van der Waals surface area contributed by atoms with Gasteiger partial charge in [-0.25, -0.2) is 13.2 Å². The summed E-state index contributed by atoms with van der Waals surface area (Å²) in [6, 6.07) is 18.1. The minimum Gasteiger partial charge on any atom is -0.444 e. The van der Waals surface area contributed by atoms with Crippen molar-refractivity contribution in [1.29, 1.82) is 0 Å². The molecule has 0 radical (unpaired) electrons. The zero-order valence-corrected chi connectivity index (χ0v) is 23.0. The number of sulfonamides is 1. The van der Waals surface area contributed by atoms with Crippen LogP contribution < -0.4 is 10.0 Å². The van der Waals surface area contributed by atoms with Gasteiger partial charge in [0.05, 0.1) is 23.5 Å². The van der Waals surface area contributed by atoms with Crippen molar-refractivity contribution >= 4 is 22.0 Å². The lowest BCUT2D eigenvalue weighted by molar-refractivity contribution is 0.0377. The molecule has 2 aromatic carbocycles. The third-order valence-corrected chi connectivity index (χ3v) is 7.63. The predicted octanol–water partition coefficient (Wildman–Crippen LogP) is 5.05. The van der Waals surface area contributed by atoms with E-state index >= 15 is 0 Å². The maximum absolute atomic E-state index is 12.6. The van der Waals surface area contributed by atoms with E-state index in [0.29, 0.717) is 5.70 Å². The van der Waals surface area contributed by atoms with Crippen LogP contribution in [-0.2, 0) is 20.3 Å². The summed E-state index contributed by atoms with van der Waals surface area (Å²) < 4.78 is 31.8. The molecule has 5 rings (SSSR count). The van der Waals surface area contributed by atoms with Gasteiger partial charge in [-0.1, -0.05) is 54.6 Å². The van der Waals surface area contributed by atoms with E-state index in [-0.39, 0.29) is 12.1 Å². The first kappa shape index (κ1) is 26.0. The van der Waals surface area contributed by atoms with E-state index in [1.807, 2.05) is 49.9 Å². The fraction of sp³-hybridized carbons (Fsp3) is 0.379. The van der Waals surface area contributed by atoms with Crippen LogP contribution in [-0.4, -0.2) is 37.1 Å². The van der Waals surface area contributed by atoms with E-state index in [9.17, 15) is 13.2 Å². The first-order chi connectivity index (χ1) is 17.9. The van der Waals surface area contributed by atoms with Crippen molar-refractivity contribution < 1.29 is 17.9 Å². The van der Waals surface area contributed by atoms with Gasteiger partial charge in [-0.05, 0) is 68.9 Å². The number of carbonyl (C=O) groups is 1. The molecule has 0 saturated heterocycles. The maximum atomic E-state index is 12.6. The lowest BCUT2D eigenvalue weighted by Gasteiger charge is -2.43. The highest BCUT2D eigenvalue weighted by molar-refractivity contribution is 7.88. The van der Waals surface area contributed by atoms with Crippen LogP contribution in [0.15, 0.2) is 83.6 Å². The van der Waals surface area contributed by atoms with Crippen LogP contribution >= 0.6 is 0 Å². The van der Waals surface area contributed by atoms with E-state index in [2.05, 4.69) is 46.4 Å². The van der Waals surface area contributed by atoms with Crippen LogP contribution in [0.1, 0.15) is 68.8 Å². The van der Waals surface area contributed by atoms with Crippen LogP contribution in [0.25, 0.3) is 0 Å².